The van der Waals surface area contributed by atoms with Crippen LogP contribution in [0.3, 0.4) is 0 Å². The van der Waals surface area contributed by atoms with Gasteiger partial charge in [-0.2, -0.15) is 11.3 Å². The van der Waals surface area contributed by atoms with Crippen molar-refractivity contribution < 1.29 is 4.79 Å². The molecule has 0 aliphatic heterocycles. The Bertz CT molecular complexity index is 309. The molecule has 90 valence electrons. The normalized spacial score (nSPS) is 11.1. The second kappa shape index (κ2) is 6.04. The maximum atomic E-state index is 12.1. The Morgan fingerprint density at radius 2 is 1.94 bits per heavy atom. The van der Waals surface area contributed by atoms with Crippen molar-refractivity contribution in [1.82, 2.24) is 4.90 Å². The number of amides is 1. The summed E-state index contributed by atoms with van der Waals surface area (Å²) in [6.45, 7) is 8.29. The lowest BCUT2D eigenvalue weighted by molar-refractivity contribution is -0.134. The van der Waals surface area contributed by atoms with Gasteiger partial charge in [-0.15, -0.1) is 0 Å². The fraction of sp³-hybridized carbons (Fsp3) is 0.615. The van der Waals surface area contributed by atoms with Crippen LogP contribution in [0.4, 0.5) is 0 Å². The van der Waals surface area contributed by atoms with Crippen molar-refractivity contribution in [3.63, 3.8) is 0 Å². The number of hydrogen-bond acceptors (Lipinski definition) is 2. The Hall–Kier alpha value is -0.830. The average Bonchev–Trinajstić information content (AvgIpc) is 2.65. The van der Waals surface area contributed by atoms with Gasteiger partial charge >= 0.3 is 0 Å². The summed E-state index contributed by atoms with van der Waals surface area (Å²) in [5, 5.41) is 4.17. The molecule has 2 nitrogen and oxygen atoms in total. The van der Waals surface area contributed by atoms with Gasteiger partial charge in [-0.1, -0.05) is 0 Å². The van der Waals surface area contributed by atoms with Crippen LogP contribution in [0.15, 0.2) is 16.8 Å². The van der Waals surface area contributed by atoms with Gasteiger partial charge in [0.1, 0.15) is 0 Å². The first-order valence-electron chi connectivity index (χ1n) is 5.84. The van der Waals surface area contributed by atoms with Crippen LogP contribution in [0.5, 0.6) is 0 Å². The van der Waals surface area contributed by atoms with Gasteiger partial charge in [-0.3, -0.25) is 4.79 Å². The summed E-state index contributed by atoms with van der Waals surface area (Å²) >= 11 is 1.69. The van der Waals surface area contributed by atoms with Gasteiger partial charge < -0.3 is 4.90 Å². The van der Waals surface area contributed by atoms with Crippen LogP contribution in [0.25, 0.3) is 0 Å². The molecular weight excluding hydrogens is 218 g/mol. The summed E-state index contributed by atoms with van der Waals surface area (Å²) in [6, 6.07) is 2.66. The zero-order valence-corrected chi connectivity index (χ0v) is 11.4. The van der Waals surface area contributed by atoms with Crippen molar-refractivity contribution >= 4 is 17.2 Å². The lowest BCUT2D eigenvalue weighted by atomic mass is 10.1. The van der Waals surface area contributed by atoms with E-state index < -0.39 is 0 Å². The number of aryl methyl sites for hydroxylation is 1. The van der Waals surface area contributed by atoms with E-state index in [9.17, 15) is 4.79 Å². The van der Waals surface area contributed by atoms with Crippen LogP contribution in [0.1, 0.15) is 39.7 Å². The highest BCUT2D eigenvalue weighted by molar-refractivity contribution is 7.07. The third-order valence-electron chi connectivity index (χ3n) is 2.61. The van der Waals surface area contributed by atoms with Crippen molar-refractivity contribution in [1.29, 1.82) is 0 Å². The standard InChI is InChI=1S/C13H21NOS/c1-10(2)14(11(3)4)13(15)6-5-12-7-8-16-9-12/h7-11H,5-6H2,1-4H3. The van der Waals surface area contributed by atoms with E-state index in [1.54, 1.807) is 11.3 Å². The Labute approximate surface area is 102 Å². The Balaban J connectivity index is 2.50. The molecule has 3 heteroatoms. The van der Waals surface area contributed by atoms with Gasteiger partial charge in [0.2, 0.25) is 5.91 Å². The molecule has 0 aliphatic rings. The molecule has 1 amide bonds. The number of thiophene rings is 1. The molecule has 0 aliphatic carbocycles. The monoisotopic (exact) mass is 239 g/mol. The molecular formula is C13H21NOS. The maximum absolute atomic E-state index is 12.1. The van der Waals surface area contributed by atoms with Gasteiger partial charge in [-0.25, -0.2) is 0 Å². The van der Waals surface area contributed by atoms with E-state index in [1.165, 1.54) is 5.56 Å². The minimum Gasteiger partial charge on any atom is -0.338 e. The second-order valence-corrected chi connectivity index (χ2v) is 5.40. The van der Waals surface area contributed by atoms with Crippen LogP contribution in [0.2, 0.25) is 0 Å². The predicted molar refractivity (Wildman–Crippen MR) is 69.8 cm³/mol. The first kappa shape index (κ1) is 13.2. The fourth-order valence-electron chi connectivity index (χ4n) is 1.99. The first-order valence-corrected chi connectivity index (χ1v) is 6.79. The molecule has 0 bridgehead atoms. The van der Waals surface area contributed by atoms with E-state index >= 15 is 0 Å². The highest BCUT2D eigenvalue weighted by atomic mass is 32.1. The molecule has 0 saturated heterocycles. The molecule has 1 aromatic rings. The molecule has 1 aromatic heterocycles. The highest BCUT2D eigenvalue weighted by Crippen LogP contribution is 2.12. The zero-order chi connectivity index (χ0) is 12.1. The third-order valence-corrected chi connectivity index (χ3v) is 3.34. The second-order valence-electron chi connectivity index (χ2n) is 4.62. The molecule has 0 fully saturated rings. The highest BCUT2D eigenvalue weighted by Gasteiger charge is 2.19. The van der Waals surface area contributed by atoms with Crippen LogP contribution in [-0.2, 0) is 11.2 Å². The number of rotatable bonds is 5. The summed E-state index contributed by atoms with van der Waals surface area (Å²) < 4.78 is 0. The Kier molecular flexibility index (Phi) is 5.00. The average molecular weight is 239 g/mol. The van der Waals surface area contributed by atoms with Crippen molar-refractivity contribution in [3.05, 3.63) is 22.4 Å². The van der Waals surface area contributed by atoms with E-state index in [4.69, 9.17) is 0 Å². The summed E-state index contributed by atoms with van der Waals surface area (Å²) in [5.41, 5.74) is 1.27. The molecule has 1 rings (SSSR count). The molecule has 16 heavy (non-hydrogen) atoms. The van der Waals surface area contributed by atoms with Crippen molar-refractivity contribution in [2.45, 2.75) is 52.6 Å². The molecule has 0 aromatic carbocycles. The number of carbonyl (C=O) groups is 1. The van der Waals surface area contributed by atoms with E-state index in [2.05, 4.69) is 44.5 Å². The van der Waals surface area contributed by atoms with Gasteiger partial charge in [0.15, 0.2) is 0 Å². The predicted octanol–water partition coefficient (Wildman–Crippen LogP) is 3.33. The summed E-state index contributed by atoms with van der Waals surface area (Å²) in [6.07, 6.45) is 1.48. The van der Waals surface area contributed by atoms with E-state index in [1.807, 2.05) is 4.90 Å². The summed E-state index contributed by atoms with van der Waals surface area (Å²) in [4.78, 5) is 14.0. The number of carbonyl (C=O) groups excluding carboxylic acids is 1. The van der Waals surface area contributed by atoms with Crippen LogP contribution >= 0.6 is 11.3 Å². The maximum Gasteiger partial charge on any atom is 0.223 e. The van der Waals surface area contributed by atoms with Gasteiger partial charge in [-0.05, 0) is 56.5 Å². The SMILES string of the molecule is CC(C)N(C(=O)CCc1ccsc1)C(C)C. The lowest BCUT2D eigenvalue weighted by Gasteiger charge is -2.30. The minimum absolute atomic E-state index is 0.260. The molecule has 0 radical (unpaired) electrons. The molecule has 0 spiro atoms. The minimum atomic E-state index is 0.260. The molecule has 0 unspecified atom stereocenters. The molecule has 1 heterocycles. The van der Waals surface area contributed by atoms with Gasteiger partial charge in [0.05, 0.1) is 0 Å². The quantitative estimate of drug-likeness (QED) is 0.772. The van der Waals surface area contributed by atoms with Gasteiger partial charge in [0.25, 0.3) is 0 Å². The molecule has 0 saturated carbocycles. The van der Waals surface area contributed by atoms with Crippen molar-refractivity contribution in [2.24, 2.45) is 0 Å². The van der Waals surface area contributed by atoms with Crippen LogP contribution in [-0.4, -0.2) is 22.9 Å². The smallest absolute Gasteiger partial charge is 0.223 e. The van der Waals surface area contributed by atoms with Gasteiger partial charge in [0, 0.05) is 18.5 Å². The van der Waals surface area contributed by atoms with Crippen molar-refractivity contribution in [2.75, 3.05) is 0 Å². The topological polar surface area (TPSA) is 20.3 Å². The first-order chi connectivity index (χ1) is 7.52. The fourth-order valence-corrected chi connectivity index (χ4v) is 2.69. The lowest BCUT2D eigenvalue weighted by Crippen LogP contribution is -2.42. The summed E-state index contributed by atoms with van der Waals surface area (Å²) in [5.74, 6) is 0.260. The van der Waals surface area contributed by atoms with E-state index in [-0.39, 0.29) is 18.0 Å². The number of hydrogen-bond donors (Lipinski definition) is 0. The largest absolute Gasteiger partial charge is 0.338 e. The van der Waals surface area contributed by atoms with Crippen LogP contribution < -0.4 is 0 Å². The van der Waals surface area contributed by atoms with Crippen LogP contribution in [0, 0.1) is 0 Å². The summed E-state index contributed by atoms with van der Waals surface area (Å²) in [7, 11) is 0. The molecule has 0 N–H and O–H groups in total. The van der Waals surface area contributed by atoms with E-state index in [0.29, 0.717) is 6.42 Å². The number of nitrogens with zero attached hydrogens (tertiary/aromatic N) is 1. The zero-order valence-electron chi connectivity index (χ0n) is 10.6. The van der Waals surface area contributed by atoms with Crippen molar-refractivity contribution in [3.8, 4) is 0 Å². The Morgan fingerprint density at radius 1 is 1.31 bits per heavy atom. The molecule has 0 atom stereocenters. The Morgan fingerprint density at radius 3 is 2.38 bits per heavy atom. The van der Waals surface area contributed by atoms with E-state index in [0.717, 1.165) is 6.42 Å². The third kappa shape index (κ3) is 3.63.